The fraction of sp³-hybridized carbons (Fsp3) is 0.481. The zero-order valence-electron chi connectivity index (χ0n) is 20.8. The minimum Gasteiger partial charge on any atom is -0.497 e. The molecule has 8 nitrogen and oxygen atoms in total. The Morgan fingerprint density at radius 3 is 2.51 bits per heavy atom. The van der Waals surface area contributed by atoms with E-state index in [-0.39, 0.29) is 17.7 Å². The quantitative estimate of drug-likeness (QED) is 0.625. The number of hydrogen-bond acceptors (Lipinski definition) is 6. The van der Waals surface area contributed by atoms with Gasteiger partial charge in [0.15, 0.2) is 11.5 Å². The van der Waals surface area contributed by atoms with Crippen LogP contribution in [-0.4, -0.2) is 75.7 Å². The Labute approximate surface area is 207 Å². The highest BCUT2D eigenvalue weighted by Gasteiger charge is 2.31. The fourth-order valence-electron chi connectivity index (χ4n) is 4.98. The highest BCUT2D eigenvalue weighted by Crippen LogP contribution is 2.34. The maximum atomic E-state index is 13.4. The Morgan fingerprint density at radius 1 is 1.00 bits per heavy atom. The molecule has 4 rings (SSSR count). The smallest absolute Gasteiger partial charge is 0.251 e. The number of carbonyl (C=O) groups is 2. The first kappa shape index (κ1) is 24.9. The lowest BCUT2D eigenvalue weighted by atomic mass is 9.93. The SMILES string of the molecule is COc1cccc(C(=O)NCCN2CCCC(C(=O)N3CCc4cc(OC)c(OC)cc4C3)C2)c1. The van der Waals surface area contributed by atoms with Crippen molar-refractivity contribution >= 4 is 11.8 Å². The van der Waals surface area contributed by atoms with Crippen molar-refractivity contribution in [2.24, 2.45) is 5.92 Å². The van der Waals surface area contributed by atoms with Crippen molar-refractivity contribution < 1.29 is 23.8 Å². The second-order valence-electron chi connectivity index (χ2n) is 9.11. The van der Waals surface area contributed by atoms with Crippen molar-refractivity contribution in [3.05, 3.63) is 53.1 Å². The van der Waals surface area contributed by atoms with E-state index in [9.17, 15) is 9.59 Å². The first-order chi connectivity index (χ1) is 17.0. The number of ether oxygens (including phenoxy) is 3. The van der Waals surface area contributed by atoms with Crippen LogP contribution in [0.15, 0.2) is 36.4 Å². The van der Waals surface area contributed by atoms with Gasteiger partial charge in [-0.15, -0.1) is 0 Å². The van der Waals surface area contributed by atoms with Crippen LogP contribution in [0, 0.1) is 5.92 Å². The lowest BCUT2D eigenvalue weighted by molar-refractivity contribution is -0.138. The molecule has 2 aromatic carbocycles. The Kier molecular flexibility index (Phi) is 8.13. The van der Waals surface area contributed by atoms with E-state index >= 15 is 0 Å². The summed E-state index contributed by atoms with van der Waals surface area (Å²) >= 11 is 0. The standard InChI is InChI=1S/C27H35N3O5/c1-33-23-8-4-6-20(14-23)26(31)28-10-13-29-11-5-7-21(17-29)27(32)30-12-9-19-15-24(34-2)25(35-3)16-22(19)18-30/h4,6,8,14-16,21H,5,7,9-13,17-18H2,1-3H3,(H,28,31). The van der Waals surface area contributed by atoms with Crippen LogP contribution < -0.4 is 19.5 Å². The van der Waals surface area contributed by atoms with Crippen molar-refractivity contribution in [2.75, 3.05) is 54.1 Å². The third-order valence-corrected chi connectivity index (χ3v) is 6.93. The fourth-order valence-corrected chi connectivity index (χ4v) is 4.98. The number of nitrogens with one attached hydrogen (secondary N) is 1. The van der Waals surface area contributed by atoms with Gasteiger partial charge in [0.1, 0.15) is 5.75 Å². The lowest BCUT2D eigenvalue weighted by Gasteiger charge is -2.37. The number of likely N-dealkylation sites (tertiary alicyclic amines) is 1. The van der Waals surface area contributed by atoms with Crippen molar-refractivity contribution in [2.45, 2.75) is 25.8 Å². The molecule has 1 N–H and O–H groups in total. The first-order valence-corrected chi connectivity index (χ1v) is 12.2. The number of fused-ring (bicyclic) bond motifs is 1. The van der Waals surface area contributed by atoms with Crippen LogP contribution in [0.25, 0.3) is 0 Å². The molecule has 2 amide bonds. The van der Waals surface area contributed by atoms with Crippen LogP contribution >= 0.6 is 0 Å². The van der Waals surface area contributed by atoms with Gasteiger partial charge >= 0.3 is 0 Å². The normalized spacial score (nSPS) is 17.9. The van der Waals surface area contributed by atoms with Crippen LogP contribution in [0.5, 0.6) is 17.2 Å². The van der Waals surface area contributed by atoms with E-state index in [1.54, 1.807) is 39.5 Å². The van der Waals surface area contributed by atoms with Crippen molar-refractivity contribution in [1.29, 1.82) is 0 Å². The van der Waals surface area contributed by atoms with Gasteiger partial charge in [0.25, 0.3) is 5.91 Å². The number of hydrogen-bond donors (Lipinski definition) is 1. The molecule has 1 fully saturated rings. The lowest BCUT2D eigenvalue weighted by Crippen LogP contribution is -2.47. The minimum absolute atomic E-state index is 0.0143. The number of rotatable bonds is 8. The summed E-state index contributed by atoms with van der Waals surface area (Å²) in [6.07, 6.45) is 2.70. The number of methoxy groups -OCH3 is 3. The summed E-state index contributed by atoms with van der Waals surface area (Å²) in [5.74, 6) is 2.17. The second-order valence-corrected chi connectivity index (χ2v) is 9.11. The van der Waals surface area contributed by atoms with E-state index in [2.05, 4.69) is 10.2 Å². The molecule has 0 aliphatic carbocycles. The van der Waals surface area contributed by atoms with Gasteiger partial charge in [0.2, 0.25) is 5.91 Å². The molecule has 188 valence electrons. The van der Waals surface area contributed by atoms with E-state index in [4.69, 9.17) is 14.2 Å². The molecule has 0 spiro atoms. The highest BCUT2D eigenvalue weighted by molar-refractivity contribution is 5.94. The molecule has 2 aliphatic heterocycles. The minimum atomic E-state index is -0.118. The summed E-state index contributed by atoms with van der Waals surface area (Å²) in [5, 5.41) is 2.98. The topological polar surface area (TPSA) is 80.3 Å². The zero-order valence-corrected chi connectivity index (χ0v) is 20.8. The highest BCUT2D eigenvalue weighted by atomic mass is 16.5. The molecule has 35 heavy (non-hydrogen) atoms. The maximum Gasteiger partial charge on any atom is 0.251 e. The predicted octanol–water partition coefficient (Wildman–Crippen LogP) is 2.74. The number of amides is 2. The summed E-state index contributed by atoms with van der Waals surface area (Å²) in [5.41, 5.74) is 2.91. The average Bonchev–Trinajstić information content (AvgIpc) is 2.91. The predicted molar refractivity (Wildman–Crippen MR) is 133 cm³/mol. The van der Waals surface area contributed by atoms with Gasteiger partial charge < -0.3 is 29.3 Å². The van der Waals surface area contributed by atoms with Gasteiger partial charge in [-0.25, -0.2) is 0 Å². The van der Waals surface area contributed by atoms with E-state index in [1.165, 1.54) is 5.56 Å². The van der Waals surface area contributed by atoms with Crippen molar-refractivity contribution in [3.8, 4) is 17.2 Å². The molecule has 0 bridgehead atoms. The number of carbonyl (C=O) groups excluding carboxylic acids is 2. The van der Waals surface area contributed by atoms with Gasteiger partial charge in [-0.3, -0.25) is 9.59 Å². The molecule has 0 saturated carbocycles. The molecule has 8 heteroatoms. The van der Waals surface area contributed by atoms with Crippen molar-refractivity contribution in [3.63, 3.8) is 0 Å². The van der Waals surface area contributed by atoms with Crippen LogP contribution in [0.3, 0.4) is 0 Å². The summed E-state index contributed by atoms with van der Waals surface area (Å²) in [6.45, 7) is 4.24. The molecule has 2 aliphatic rings. The molecule has 0 aromatic heterocycles. The molecular weight excluding hydrogens is 446 g/mol. The van der Waals surface area contributed by atoms with Gasteiger partial charge in [-0.05, 0) is 67.3 Å². The van der Waals surface area contributed by atoms with Crippen molar-refractivity contribution in [1.82, 2.24) is 15.1 Å². The van der Waals surface area contributed by atoms with Crippen LogP contribution in [0.2, 0.25) is 0 Å². The molecular formula is C27H35N3O5. The van der Waals surface area contributed by atoms with Crippen LogP contribution in [0.4, 0.5) is 0 Å². The van der Waals surface area contributed by atoms with E-state index in [0.29, 0.717) is 36.7 Å². The third kappa shape index (κ3) is 5.88. The Morgan fingerprint density at radius 2 is 1.77 bits per heavy atom. The molecule has 2 aromatic rings. The van der Waals surface area contributed by atoms with E-state index in [1.807, 2.05) is 23.1 Å². The third-order valence-electron chi connectivity index (χ3n) is 6.93. The monoisotopic (exact) mass is 481 g/mol. The Balaban J connectivity index is 1.29. The second kappa shape index (κ2) is 11.4. The number of benzene rings is 2. The van der Waals surface area contributed by atoms with Crippen LogP contribution in [0.1, 0.15) is 34.3 Å². The maximum absolute atomic E-state index is 13.4. The average molecular weight is 482 g/mol. The Hall–Kier alpha value is -3.26. The summed E-state index contributed by atoms with van der Waals surface area (Å²) < 4.78 is 16.1. The summed E-state index contributed by atoms with van der Waals surface area (Å²) in [4.78, 5) is 30.1. The molecule has 0 radical (unpaired) electrons. The van der Waals surface area contributed by atoms with Gasteiger partial charge in [-0.2, -0.15) is 0 Å². The largest absolute Gasteiger partial charge is 0.497 e. The molecule has 2 heterocycles. The molecule has 1 saturated heterocycles. The van der Waals surface area contributed by atoms with E-state index < -0.39 is 0 Å². The molecule has 1 unspecified atom stereocenters. The van der Waals surface area contributed by atoms with Gasteiger partial charge in [-0.1, -0.05) is 6.07 Å². The van der Waals surface area contributed by atoms with Crippen LogP contribution in [-0.2, 0) is 17.8 Å². The van der Waals surface area contributed by atoms with E-state index in [0.717, 1.165) is 50.2 Å². The summed E-state index contributed by atoms with van der Waals surface area (Å²) in [6, 6.07) is 11.1. The number of piperidine rings is 1. The van der Waals surface area contributed by atoms with Gasteiger partial charge in [0, 0.05) is 38.3 Å². The Bertz CT molecular complexity index is 1060. The molecule has 1 atom stereocenters. The van der Waals surface area contributed by atoms with Gasteiger partial charge in [0.05, 0.1) is 27.2 Å². The summed E-state index contributed by atoms with van der Waals surface area (Å²) in [7, 11) is 4.86. The number of nitrogens with zero attached hydrogens (tertiary/aromatic N) is 2. The first-order valence-electron chi connectivity index (χ1n) is 12.2. The zero-order chi connectivity index (χ0) is 24.8.